The fourth-order valence-corrected chi connectivity index (χ4v) is 1.57. The first-order valence-corrected chi connectivity index (χ1v) is 5.38. The number of aromatic nitrogens is 2. The highest BCUT2D eigenvalue weighted by Gasteiger charge is 2.16. The summed E-state index contributed by atoms with van der Waals surface area (Å²) in [5, 5.41) is 11.4. The number of aryl methyl sites for hydroxylation is 1. The van der Waals surface area contributed by atoms with E-state index >= 15 is 0 Å². The summed E-state index contributed by atoms with van der Waals surface area (Å²) < 4.78 is 3.90. The number of nitrogens with one attached hydrogen (secondary N) is 1. The van der Waals surface area contributed by atoms with Gasteiger partial charge >= 0.3 is 12.0 Å². The predicted molar refractivity (Wildman–Crippen MR) is 58.5 cm³/mol. The smallest absolute Gasteiger partial charge is 0.324 e. The highest BCUT2D eigenvalue weighted by Crippen LogP contribution is 2.10. The zero-order valence-corrected chi connectivity index (χ0v) is 9.74. The summed E-state index contributed by atoms with van der Waals surface area (Å²) >= 11 is 1.06. The molecule has 1 aromatic heterocycles. The van der Waals surface area contributed by atoms with Crippen LogP contribution in [0.15, 0.2) is 0 Å². The number of aliphatic carboxylic acids is 1. The number of hydrogen-bond acceptors (Lipinski definition) is 5. The minimum atomic E-state index is -1.05. The van der Waals surface area contributed by atoms with Gasteiger partial charge in [-0.05, 0) is 13.8 Å². The van der Waals surface area contributed by atoms with Gasteiger partial charge in [-0.15, -0.1) is 0 Å². The first-order chi connectivity index (χ1) is 7.52. The molecule has 0 atom stereocenters. The van der Waals surface area contributed by atoms with Gasteiger partial charge in [0.05, 0.1) is 0 Å². The van der Waals surface area contributed by atoms with Gasteiger partial charge in [0.15, 0.2) is 0 Å². The van der Waals surface area contributed by atoms with E-state index in [0.29, 0.717) is 17.5 Å². The molecule has 2 amide bonds. The summed E-state index contributed by atoms with van der Waals surface area (Å²) in [6.45, 7) is 3.39. The third-order valence-electron chi connectivity index (χ3n) is 1.74. The number of likely N-dealkylation sites (N-methyl/N-ethyl adjacent to an activating group) is 1. The van der Waals surface area contributed by atoms with Gasteiger partial charge in [0, 0.05) is 18.1 Å². The van der Waals surface area contributed by atoms with Crippen molar-refractivity contribution in [2.45, 2.75) is 13.8 Å². The maximum Gasteiger partial charge on any atom is 0.324 e. The normalized spacial score (nSPS) is 9.88. The zero-order chi connectivity index (χ0) is 12.1. The standard InChI is InChI=1S/C8H12N4O3S/c1-3-12(4-6(13)14)8(15)10-7-9-5(2)11-16-7/h3-4H2,1-2H3,(H,13,14)(H,9,10,11,15). The molecular weight excluding hydrogens is 232 g/mol. The zero-order valence-electron chi connectivity index (χ0n) is 8.93. The van der Waals surface area contributed by atoms with Gasteiger partial charge in [-0.2, -0.15) is 4.37 Å². The fourth-order valence-electron chi connectivity index (χ4n) is 1.01. The third kappa shape index (κ3) is 3.46. The number of carboxylic acids is 1. The number of carboxylic acid groups (broad SMARTS) is 1. The van der Waals surface area contributed by atoms with Crippen LogP contribution in [-0.4, -0.2) is 44.5 Å². The van der Waals surface area contributed by atoms with Crippen LogP contribution in [0.3, 0.4) is 0 Å². The molecule has 0 fully saturated rings. The molecule has 0 unspecified atom stereocenters. The lowest BCUT2D eigenvalue weighted by atomic mass is 10.5. The first kappa shape index (κ1) is 12.4. The number of carbonyl (C=O) groups excluding carboxylic acids is 1. The van der Waals surface area contributed by atoms with Crippen LogP contribution in [0.4, 0.5) is 9.93 Å². The molecule has 8 heteroatoms. The summed E-state index contributed by atoms with van der Waals surface area (Å²) in [4.78, 5) is 27.2. The molecular formula is C8H12N4O3S. The molecule has 7 nitrogen and oxygen atoms in total. The second-order valence-electron chi connectivity index (χ2n) is 2.98. The molecule has 1 heterocycles. The molecule has 0 saturated heterocycles. The fraction of sp³-hybridized carbons (Fsp3) is 0.500. The second-order valence-corrected chi connectivity index (χ2v) is 3.74. The van der Waals surface area contributed by atoms with Crippen molar-refractivity contribution in [1.29, 1.82) is 0 Å². The minimum absolute atomic E-state index is 0.315. The van der Waals surface area contributed by atoms with Crippen molar-refractivity contribution in [1.82, 2.24) is 14.3 Å². The Balaban J connectivity index is 2.59. The molecule has 1 aromatic rings. The Hall–Kier alpha value is -1.70. The van der Waals surface area contributed by atoms with Crippen molar-refractivity contribution in [3.05, 3.63) is 5.82 Å². The predicted octanol–water partition coefficient (Wildman–Crippen LogP) is 0.785. The van der Waals surface area contributed by atoms with Gasteiger partial charge in [-0.3, -0.25) is 10.1 Å². The Morgan fingerprint density at radius 3 is 2.69 bits per heavy atom. The average Bonchev–Trinajstić information content (AvgIpc) is 2.60. The van der Waals surface area contributed by atoms with Crippen molar-refractivity contribution in [2.75, 3.05) is 18.4 Å². The number of amides is 2. The van der Waals surface area contributed by atoms with Crippen LogP contribution < -0.4 is 5.32 Å². The lowest BCUT2D eigenvalue weighted by Crippen LogP contribution is -2.38. The van der Waals surface area contributed by atoms with Crippen molar-refractivity contribution in [3.63, 3.8) is 0 Å². The highest BCUT2D eigenvalue weighted by molar-refractivity contribution is 7.09. The van der Waals surface area contributed by atoms with Crippen molar-refractivity contribution < 1.29 is 14.7 Å². The van der Waals surface area contributed by atoms with Crippen LogP contribution >= 0.6 is 11.5 Å². The Labute approximate surface area is 96.3 Å². The number of anilines is 1. The van der Waals surface area contributed by atoms with E-state index in [0.717, 1.165) is 11.5 Å². The van der Waals surface area contributed by atoms with Crippen molar-refractivity contribution in [3.8, 4) is 0 Å². The minimum Gasteiger partial charge on any atom is -0.480 e. The molecule has 0 aliphatic rings. The van der Waals surface area contributed by atoms with E-state index in [9.17, 15) is 9.59 Å². The molecule has 0 aromatic carbocycles. The van der Waals surface area contributed by atoms with E-state index in [1.54, 1.807) is 13.8 Å². The van der Waals surface area contributed by atoms with E-state index in [4.69, 9.17) is 5.11 Å². The quantitative estimate of drug-likeness (QED) is 0.816. The maximum atomic E-state index is 11.6. The van der Waals surface area contributed by atoms with Crippen molar-refractivity contribution in [2.24, 2.45) is 0 Å². The molecule has 0 aliphatic heterocycles. The molecule has 2 N–H and O–H groups in total. The van der Waals surface area contributed by atoms with E-state index in [1.165, 1.54) is 4.90 Å². The largest absolute Gasteiger partial charge is 0.480 e. The Morgan fingerprint density at radius 1 is 1.56 bits per heavy atom. The molecule has 16 heavy (non-hydrogen) atoms. The SMILES string of the molecule is CCN(CC(=O)O)C(=O)Nc1nc(C)ns1. The monoisotopic (exact) mass is 244 g/mol. The molecule has 0 bridgehead atoms. The molecule has 0 saturated carbocycles. The summed E-state index contributed by atoms with van der Waals surface area (Å²) in [6.07, 6.45) is 0. The van der Waals surface area contributed by atoms with Gasteiger partial charge in [0.25, 0.3) is 0 Å². The molecule has 0 aliphatic carbocycles. The molecule has 0 radical (unpaired) electrons. The summed E-state index contributed by atoms with van der Waals surface area (Å²) in [7, 11) is 0. The van der Waals surface area contributed by atoms with Crippen molar-refractivity contribution >= 4 is 28.7 Å². The summed E-state index contributed by atoms with van der Waals surface area (Å²) in [6, 6.07) is -0.485. The lowest BCUT2D eigenvalue weighted by Gasteiger charge is -2.17. The summed E-state index contributed by atoms with van der Waals surface area (Å²) in [5.74, 6) is -0.480. The van der Waals surface area contributed by atoms with Crippen LogP contribution in [0.5, 0.6) is 0 Å². The van der Waals surface area contributed by atoms with Crippen LogP contribution in [0.1, 0.15) is 12.7 Å². The number of nitrogens with zero attached hydrogens (tertiary/aromatic N) is 3. The number of rotatable bonds is 4. The van der Waals surface area contributed by atoms with Gasteiger partial charge in [0.2, 0.25) is 5.13 Å². The van der Waals surface area contributed by atoms with Gasteiger partial charge in [-0.25, -0.2) is 9.78 Å². The van der Waals surface area contributed by atoms with E-state index < -0.39 is 12.0 Å². The number of carbonyl (C=O) groups is 2. The second kappa shape index (κ2) is 5.40. The number of hydrogen-bond donors (Lipinski definition) is 2. The average molecular weight is 244 g/mol. The highest BCUT2D eigenvalue weighted by atomic mass is 32.1. The van der Waals surface area contributed by atoms with Gasteiger partial charge in [0.1, 0.15) is 12.4 Å². The number of urea groups is 1. The molecule has 1 rings (SSSR count). The Kier molecular flexibility index (Phi) is 4.18. The molecule has 88 valence electrons. The topological polar surface area (TPSA) is 95.4 Å². The molecule has 0 spiro atoms. The summed E-state index contributed by atoms with van der Waals surface area (Å²) in [5.41, 5.74) is 0. The Morgan fingerprint density at radius 2 is 2.25 bits per heavy atom. The van der Waals surface area contributed by atoms with Gasteiger partial charge in [-0.1, -0.05) is 0 Å². The first-order valence-electron chi connectivity index (χ1n) is 4.61. The van der Waals surface area contributed by atoms with Gasteiger partial charge < -0.3 is 10.0 Å². The maximum absolute atomic E-state index is 11.6. The van der Waals surface area contributed by atoms with Crippen LogP contribution in [0.2, 0.25) is 0 Å². The lowest BCUT2D eigenvalue weighted by molar-refractivity contribution is -0.137. The van der Waals surface area contributed by atoms with E-state index in [1.807, 2.05) is 0 Å². The van der Waals surface area contributed by atoms with Crippen LogP contribution in [-0.2, 0) is 4.79 Å². The van der Waals surface area contributed by atoms with Crippen LogP contribution in [0, 0.1) is 6.92 Å². The van der Waals surface area contributed by atoms with E-state index in [2.05, 4.69) is 14.7 Å². The van der Waals surface area contributed by atoms with Crippen LogP contribution in [0.25, 0.3) is 0 Å². The third-order valence-corrected chi connectivity index (χ3v) is 2.46. The van der Waals surface area contributed by atoms with E-state index in [-0.39, 0.29) is 6.54 Å². The Bertz CT molecular complexity index is 392.